The van der Waals surface area contributed by atoms with E-state index in [0.29, 0.717) is 11.0 Å². The first kappa shape index (κ1) is 11.3. The second-order valence-corrected chi connectivity index (χ2v) is 4.36. The van der Waals surface area contributed by atoms with Gasteiger partial charge in [-0.2, -0.15) is 0 Å². The van der Waals surface area contributed by atoms with Crippen LogP contribution in [0.1, 0.15) is 6.42 Å². The molecule has 1 fully saturated rings. The third kappa shape index (κ3) is 2.48. The van der Waals surface area contributed by atoms with E-state index in [2.05, 4.69) is 26.2 Å². The summed E-state index contributed by atoms with van der Waals surface area (Å²) in [7, 11) is 0. The van der Waals surface area contributed by atoms with Crippen LogP contribution in [0.15, 0.2) is 16.7 Å². The summed E-state index contributed by atoms with van der Waals surface area (Å²) in [5.41, 5.74) is -0.0336. The summed E-state index contributed by atoms with van der Waals surface area (Å²) in [6.07, 6.45) is 2.65. The second-order valence-electron chi connectivity index (χ2n) is 3.44. The van der Waals surface area contributed by atoms with Gasteiger partial charge in [-0.3, -0.25) is 10.1 Å². The minimum atomic E-state index is -0.457. The highest BCUT2D eigenvalue weighted by molar-refractivity contribution is 9.10. The van der Waals surface area contributed by atoms with Gasteiger partial charge in [0.15, 0.2) is 0 Å². The van der Waals surface area contributed by atoms with Crippen LogP contribution in [0.2, 0.25) is 0 Å². The number of rotatable bonds is 4. The predicted molar refractivity (Wildman–Crippen MR) is 61.4 cm³/mol. The maximum atomic E-state index is 10.8. The molecule has 0 aliphatic carbocycles. The van der Waals surface area contributed by atoms with Crippen LogP contribution >= 0.6 is 15.9 Å². The highest BCUT2D eigenvalue weighted by atomic mass is 79.9. The van der Waals surface area contributed by atoms with Gasteiger partial charge in [0.1, 0.15) is 0 Å². The molecule has 1 atom stereocenters. The van der Waals surface area contributed by atoms with Crippen molar-refractivity contribution in [3.8, 4) is 0 Å². The number of anilines is 1. The zero-order valence-electron chi connectivity index (χ0n) is 8.35. The maximum absolute atomic E-state index is 10.8. The summed E-state index contributed by atoms with van der Waals surface area (Å²) in [5.74, 6) is 0.281. The Kier molecular flexibility index (Phi) is 3.35. The molecule has 0 aromatic carbocycles. The Bertz CT molecular complexity index is 409. The number of pyridine rings is 1. The summed E-state index contributed by atoms with van der Waals surface area (Å²) < 4.78 is 5.79. The average Bonchev–Trinajstić information content (AvgIpc) is 2.17. The maximum Gasteiger partial charge on any atom is 0.312 e. The summed E-state index contributed by atoms with van der Waals surface area (Å²) >= 11 is 3.15. The molecule has 0 amide bonds. The van der Waals surface area contributed by atoms with E-state index >= 15 is 0 Å². The van der Waals surface area contributed by atoms with Gasteiger partial charge in [0, 0.05) is 29.9 Å². The molecular weight excluding hydrogens is 278 g/mol. The molecule has 2 rings (SSSR count). The van der Waals surface area contributed by atoms with Gasteiger partial charge >= 0.3 is 5.69 Å². The molecular formula is C9H10BrN3O3. The van der Waals surface area contributed by atoms with E-state index in [0.717, 1.165) is 13.0 Å². The van der Waals surface area contributed by atoms with E-state index in [-0.39, 0.29) is 17.6 Å². The molecule has 0 radical (unpaired) electrons. The standard InChI is InChI=1S/C9H10BrN3O3/c10-6-3-8(13(14)15)9(11-4-6)12-5-7-1-2-16-7/h3-4,7H,1-2,5H2,(H,11,12)/t7-/m0/s1. The molecule has 2 heterocycles. The topological polar surface area (TPSA) is 77.3 Å². The number of hydrogen-bond acceptors (Lipinski definition) is 5. The van der Waals surface area contributed by atoms with Gasteiger partial charge in [0.05, 0.1) is 11.0 Å². The third-order valence-corrected chi connectivity index (χ3v) is 2.76. The molecule has 1 aliphatic heterocycles. The monoisotopic (exact) mass is 287 g/mol. The molecule has 1 aliphatic rings. The Morgan fingerprint density at radius 2 is 2.50 bits per heavy atom. The smallest absolute Gasteiger partial charge is 0.312 e. The van der Waals surface area contributed by atoms with E-state index in [1.165, 1.54) is 12.3 Å². The molecule has 1 N–H and O–H groups in total. The van der Waals surface area contributed by atoms with Crippen molar-refractivity contribution in [3.63, 3.8) is 0 Å². The molecule has 6 nitrogen and oxygen atoms in total. The van der Waals surface area contributed by atoms with Crippen molar-refractivity contribution in [3.05, 3.63) is 26.9 Å². The molecule has 86 valence electrons. The van der Waals surface area contributed by atoms with E-state index < -0.39 is 4.92 Å². The zero-order chi connectivity index (χ0) is 11.5. The number of halogens is 1. The molecule has 0 saturated carbocycles. The lowest BCUT2D eigenvalue weighted by Crippen LogP contribution is -2.33. The van der Waals surface area contributed by atoms with Crippen LogP contribution in [0.4, 0.5) is 11.5 Å². The van der Waals surface area contributed by atoms with Crippen LogP contribution in [-0.2, 0) is 4.74 Å². The van der Waals surface area contributed by atoms with Gasteiger partial charge in [-0.1, -0.05) is 0 Å². The van der Waals surface area contributed by atoms with Crippen molar-refractivity contribution in [2.45, 2.75) is 12.5 Å². The minimum absolute atomic E-state index is 0.0336. The van der Waals surface area contributed by atoms with Crippen molar-refractivity contribution in [2.24, 2.45) is 0 Å². The number of nitrogens with zero attached hydrogens (tertiary/aromatic N) is 2. The number of nitro groups is 1. The third-order valence-electron chi connectivity index (χ3n) is 2.32. The number of hydrogen-bond donors (Lipinski definition) is 1. The lowest BCUT2D eigenvalue weighted by Gasteiger charge is -2.26. The lowest BCUT2D eigenvalue weighted by molar-refractivity contribution is -0.384. The molecule has 16 heavy (non-hydrogen) atoms. The Labute approximate surface area is 100 Å². The minimum Gasteiger partial charge on any atom is -0.376 e. The predicted octanol–water partition coefficient (Wildman–Crippen LogP) is 1.95. The molecule has 0 bridgehead atoms. The summed E-state index contributed by atoms with van der Waals surface area (Å²) in [4.78, 5) is 14.3. The van der Waals surface area contributed by atoms with Crippen LogP contribution < -0.4 is 5.32 Å². The molecule has 0 spiro atoms. The average molecular weight is 288 g/mol. The van der Waals surface area contributed by atoms with Crippen LogP contribution in [0, 0.1) is 10.1 Å². The van der Waals surface area contributed by atoms with Crippen molar-refractivity contribution >= 4 is 27.4 Å². The Balaban J connectivity index is 2.08. The Morgan fingerprint density at radius 1 is 1.75 bits per heavy atom. The van der Waals surface area contributed by atoms with Crippen LogP contribution in [0.3, 0.4) is 0 Å². The van der Waals surface area contributed by atoms with Crippen molar-refractivity contribution in [2.75, 3.05) is 18.5 Å². The summed E-state index contributed by atoms with van der Waals surface area (Å²) in [5, 5.41) is 13.7. The van der Waals surface area contributed by atoms with Crippen LogP contribution in [-0.4, -0.2) is 29.2 Å². The molecule has 0 unspecified atom stereocenters. The number of ether oxygens (including phenoxy) is 1. The highest BCUT2D eigenvalue weighted by Crippen LogP contribution is 2.25. The Morgan fingerprint density at radius 3 is 3.06 bits per heavy atom. The summed E-state index contributed by atoms with van der Waals surface area (Å²) in [6.45, 7) is 1.32. The first-order valence-electron chi connectivity index (χ1n) is 4.82. The molecule has 1 aromatic heterocycles. The largest absolute Gasteiger partial charge is 0.376 e. The number of aromatic nitrogens is 1. The van der Waals surface area contributed by atoms with E-state index in [9.17, 15) is 10.1 Å². The van der Waals surface area contributed by atoms with E-state index in [1.54, 1.807) is 0 Å². The van der Waals surface area contributed by atoms with Gasteiger partial charge in [-0.25, -0.2) is 4.98 Å². The first-order valence-corrected chi connectivity index (χ1v) is 5.61. The van der Waals surface area contributed by atoms with Crippen molar-refractivity contribution in [1.82, 2.24) is 4.98 Å². The zero-order valence-corrected chi connectivity index (χ0v) is 9.94. The highest BCUT2D eigenvalue weighted by Gasteiger charge is 2.21. The Hall–Kier alpha value is -1.21. The number of nitrogens with one attached hydrogen (secondary N) is 1. The lowest BCUT2D eigenvalue weighted by atomic mass is 10.2. The molecule has 1 aromatic rings. The fourth-order valence-corrected chi connectivity index (χ4v) is 1.68. The normalized spacial score (nSPS) is 18.9. The van der Waals surface area contributed by atoms with Gasteiger partial charge in [-0.05, 0) is 22.4 Å². The van der Waals surface area contributed by atoms with Gasteiger partial charge in [0.25, 0.3) is 0 Å². The van der Waals surface area contributed by atoms with Crippen LogP contribution in [0.25, 0.3) is 0 Å². The first-order chi connectivity index (χ1) is 7.66. The van der Waals surface area contributed by atoms with Gasteiger partial charge in [0.2, 0.25) is 5.82 Å². The fraction of sp³-hybridized carbons (Fsp3) is 0.444. The van der Waals surface area contributed by atoms with E-state index in [1.807, 2.05) is 0 Å². The van der Waals surface area contributed by atoms with E-state index in [4.69, 9.17) is 4.74 Å². The van der Waals surface area contributed by atoms with Crippen molar-refractivity contribution < 1.29 is 9.66 Å². The quantitative estimate of drug-likeness (QED) is 0.677. The SMILES string of the molecule is O=[N+]([O-])c1cc(Br)cnc1NC[C@@H]1CCO1. The van der Waals surface area contributed by atoms with Gasteiger partial charge < -0.3 is 10.1 Å². The molecule has 1 saturated heterocycles. The van der Waals surface area contributed by atoms with Crippen molar-refractivity contribution in [1.29, 1.82) is 0 Å². The fourth-order valence-electron chi connectivity index (χ4n) is 1.36. The molecule has 7 heteroatoms. The van der Waals surface area contributed by atoms with Crippen LogP contribution in [0.5, 0.6) is 0 Å². The second kappa shape index (κ2) is 4.75. The summed E-state index contributed by atoms with van der Waals surface area (Å²) in [6, 6.07) is 1.43. The van der Waals surface area contributed by atoms with Gasteiger partial charge in [-0.15, -0.1) is 0 Å².